The van der Waals surface area contributed by atoms with Crippen LogP contribution in [0.5, 0.6) is 11.6 Å². The van der Waals surface area contributed by atoms with Crippen molar-refractivity contribution in [1.29, 1.82) is 0 Å². The highest BCUT2D eigenvalue weighted by Crippen LogP contribution is 2.42. The van der Waals surface area contributed by atoms with Gasteiger partial charge in [0.05, 0.1) is 22.6 Å². The number of hydrogen-bond donors (Lipinski definition) is 1. The van der Waals surface area contributed by atoms with Crippen molar-refractivity contribution in [3.63, 3.8) is 0 Å². The lowest BCUT2D eigenvalue weighted by atomic mass is 10.1. The van der Waals surface area contributed by atoms with Crippen LogP contribution in [0.3, 0.4) is 0 Å². The lowest BCUT2D eigenvalue weighted by Crippen LogP contribution is -2.31. The maximum Gasteiger partial charge on any atom is 0.302 e. The first-order valence-electron chi connectivity index (χ1n) is 11.0. The van der Waals surface area contributed by atoms with E-state index in [2.05, 4.69) is 15.1 Å². The van der Waals surface area contributed by atoms with E-state index in [4.69, 9.17) is 16.3 Å². The Morgan fingerprint density at radius 2 is 1.91 bits per heavy atom. The van der Waals surface area contributed by atoms with Crippen LogP contribution in [0.4, 0.5) is 5.69 Å². The van der Waals surface area contributed by atoms with Gasteiger partial charge in [0.15, 0.2) is 12.3 Å². The Hall–Kier alpha value is -2.90. The van der Waals surface area contributed by atoms with E-state index >= 15 is 0 Å². The number of likely N-dealkylation sites (tertiary alicyclic amines) is 1. The van der Waals surface area contributed by atoms with E-state index in [0.29, 0.717) is 22.8 Å². The Labute approximate surface area is 192 Å². The first-order valence-corrected chi connectivity index (χ1v) is 11.3. The number of aromatic nitrogens is 1. The zero-order valence-corrected chi connectivity index (χ0v) is 18.9. The number of azo groups is 1. The van der Waals surface area contributed by atoms with Crippen molar-refractivity contribution in [2.75, 3.05) is 19.7 Å². The molecule has 0 spiro atoms. The summed E-state index contributed by atoms with van der Waals surface area (Å²) in [6.45, 7) is 4.28. The number of carbonyl (C=O) groups is 1. The minimum absolute atomic E-state index is 0.0486. The van der Waals surface area contributed by atoms with E-state index in [9.17, 15) is 9.90 Å². The number of nitrogens with zero attached hydrogens (tertiary/aromatic N) is 4. The Morgan fingerprint density at radius 1 is 1.12 bits per heavy atom. The molecule has 4 rings (SSSR count). The number of aromatic hydroxyl groups is 1. The second-order valence-corrected chi connectivity index (χ2v) is 8.31. The molecular weight excluding hydrogens is 428 g/mol. The molecule has 1 N–H and O–H groups in total. The van der Waals surface area contributed by atoms with E-state index in [1.807, 2.05) is 43.3 Å². The number of rotatable bonds is 7. The first kappa shape index (κ1) is 22.3. The number of carbonyl (C=O) groups excluding carboxylic acids is 1. The number of piperidine rings is 1. The highest BCUT2D eigenvalue weighted by Gasteiger charge is 2.21. The van der Waals surface area contributed by atoms with Gasteiger partial charge in [0.1, 0.15) is 5.75 Å². The quantitative estimate of drug-likeness (QED) is 0.464. The summed E-state index contributed by atoms with van der Waals surface area (Å²) < 4.78 is 7.40. The molecule has 1 saturated heterocycles. The van der Waals surface area contributed by atoms with Gasteiger partial charge in [0.25, 0.3) is 0 Å². The fourth-order valence-electron chi connectivity index (χ4n) is 4.08. The Balaban J connectivity index is 1.56. The van der Waals surface area contributed by atoms with Gasteiger partial charge < -0.3 is 9.84 Å². The van der Waals surface area contributed by atoms with Crippen LogP contribution in [-0.2, 0) is 17.9 Å². The van der Waals surface area contributed by atoms with E-state index in [-0.39, 0.29) is 18.2 Å². The van der Waals surface area contributed by atoms with E-state index in [1.54, 1.807) is 10.6 Å². The average molecular weight is 455 g/mol. The lowest BCUT2D eigenvalue weighted by molar-refractivity contribution is -0.120. The van der Waals surface area contributed by atoms with Crippen LogP contribution in [-0.4, -0.2) is 40.2 Å². The topological polar surface area (TPSA) is 79.4 Å². The molecule has 2 heterocycles. The lowest BCUT2D eigenvalue weighted by Gasteiger charge is -2.27. The summed E-state index contributed by atoms with van der Waals surface area (Å²) in [7, 11) is 0. The van der Waals surface area contributed by atoms with Crippen molar-refractivity contribution < 1.29 is 14.6 Å². The number of halogens is 1. The molecule has 2 aromatic carbocycles. The monoisotopic (exact) mass is 454 g/mol. The number of hydrogen-bond acceptors (Lipinski definition) is 5. The summed E-state index contributed by atoms with van der Waals surface area (Å²) >= 11 is 6.43. The SMILES string of the molecule is CCc1ccccc1OCC(=O)N=Nc1c(O)n(CN2CCCCC2)c2cccc(Cl)c12. The average Bonchev–Trinajstić information content (AvgIpc) is 3.09. The second kappa shape index (κ2) is 10.1. The van der Waals surface area contributed by atoms with Crippen LogP contribution in [0, 0.1) is 0 Å². The molecular formula is C24H27ClN4O3. The summed E-state index contributed by atoms with van der Waals surface area (Å²) in [5.74, 6) is 0.0642. The van der Waals surface area contributed by atoms with Crippen LogP contribution in [0.2, 0.25) is 5.02 Å². The fourth-order valence-corrected chi connectivity index (χ4v) is 4.33. The molecule has 1 aliphatic rings. The van der Waals surface area contributed by atoms with E-state index < -0.39 is 5.91 Å². The number of fused-ring (bicyclic) bond motifs is 1. The minimum Gasteiger partial charge on any atom is -0.493 e. The second-order valence-electron chi connectivity index (χ2n) is 7.90. The summed E-state index contributed by atoms with van der Waals surface area (Å²) in [4.78, 5) is 14.6. The molecule has 1 amide bonds. The molecule has 0 aliphatic carbocycles. The summed E-state index contributed by atoms with van der Waals surface area (Å²) in [6.07, 6.45) is 4.31. The molecule has 1 aliphatic heterocycles. The van der Waals surface area contributed by atoms with Crippen molar-refractivity contribution >= 4 is 34.1 Å². The fraction of sp³-hybridized carbons (Fsp3) is 0.375. The van der Waals surface area contributed by atoms with Gasteiger partial charge in [-0.15, -0.1) is 10.2 Å². The van der Waals surface area contributed by atoms with Gasteiger partial charge in [0.2, 0.25) is 5.88 Å². The molecule has 3 aromatic rings. The molecule has 32 heavy (non-hydrogen) atoms. The maximum atomic E-state index is 12.3. The predicted octanol–water partition coefficient (Wildman–Crippen LogP) is 5.70. The molecule has 0 bridgehead atoms. The number of para-hydroxylation sites is 1. The Kier molecular flexibility index (Phi) is 7.07. The van der Waals surface area contributed by atoms with Gasteiger partial charge in [-0.25, -0.2) is 0 Å². The van der Waals surface area contributed by atoms with Crippen molar-refractivity contribution in [3.8, 4) is 11.6 Å². The largest absolute Gasteiger partial charge is 0.493 e. The van der Waals surface area contributed by atoms with Crippen LogP contribution in [0.15, 0.2) is 52.7 Å². The van der Waals surface area contributed by atoms with E-state index in [0.717, 1.165) is 43.4 Å². The standard InChI is InChI=1S/C24H27ClN4O3/c1-2-17-9-4-5-12-20(17)32-15-21(30)26-27-23-22-18(25)10-8-11-19(22)29(24(23)31)16-28-13-6-3-7-14-28/h4-5,8-12,31H,2-3,6-7,13-16H2,1H3. The van der Waals surface area contributed by atoms with Gasteiger partial charge in [-0.1, -0.05) is 49.2 Å². The normalized spacial score (nSPS) is 14.9. The highest BCUT2D eigenvalue weighted by molar-refractivity contribution is 6.36. The third-order valence-corrected chi connectivity index (χ3v) is 6.06. The molecule has 168 valence electrons. The van der Waals surface area contributed by atoms with Crippen LogP contribution in [0.1, 0.15) is 31.7 Å². The van der Waals surface area contributed by atoms with Crippen molar-refractivity contribution in [3.05, 3.63) is 53.1 Å². The zero-order valence-electron chi connectivity index (χ0n) is 18.1. The highest BCUT2D eigenvalue weighted by atomic mass is 35.5. The molecule has 1 fully saturated rings. The Bertz CT molecular complexity index is 1140. The number of ether oxygens (including phenoxy) is 1. The van der Waals surface area contributed by atoms with Crippen LogP contribution < -0.4 is 4.74 Å². The van der Waals surface area contributed by atoms with Gasteiger partial charge in [0, 0.05) is 0 Å². The summed E-state index contributed by atoms with van der Waals surface area (Å²) in [5.41, 5.74) is 1.97. The third-order valence-electron chi connectivity index (χ3n) is 5.74. The van der Waals surface area contributed by atoms with Gasteiger partial charge in [-0.2, -0.15) is 0 Å². The number of amides is 1. The smallest absolute Gasteiger partial charge is 0.302 e. The van der Waals surface area contributed by atoms with E-state index in [1.165, 1.54) is 6.42 Å². The first-order chi connectivity index (χ1) is 15.6. The molecule has 0 atom stereocenters. The summed E-state index contributed by atoms with van der Waals surface area (Å²) in [6, 6.07) is 13.0. The van der Waals surface area contributed by atoms with Gasteiger partial charge >= 0.3 is 5.91 Å². The molecule has 0 radical (unpaired) electrons. The maximum absolute atomic E-state index is 12.3. The molecule has 0 saturated carbocycles. The van der Waals surface area contributed by atoms with Crippen molar-refractivity contribution in [2.24, 2.45) is 10.2 Å². The minimum atomic E-state index is -0.542. The predicted molar refractivity (Wildman–Crippen MR) is 125 cm³/mol. The van der Waals surface area contributed by atoms with Crippen LogP contribution in [0.25, 0.3) is 10.9 Å². The molecule has 8 heteroatoms. The Morgan fingerprint density at radius 3 is 2.69 bits per heavy atom. The zero-order chi connectivity index (χ0) is 22.5. The van der Waals surface area contributed by atoms with Crippen molar-refractivity contribution in [1.82, 2.24) is 9.47 Å². The molecule has 0 unspecified atom stereocenters. The molecule has 7 nitrogen and oxygen atoms in total. The van der Waals surface area contributed by atoms with Gasteiger partial charge in [-0.3, -0.25) is 14.3 Å². The third kappa shape index (κ3) is 4.79. The molecule has 1 aromatic heterocycles. The van der Waals surface area contributed by atoms with Crippen LogP contribution >= 0.6 is 11.6 Å². The number of benzene rings is 2. The summed E-state index contributed by atoms with van der Waals surface area (Å²) in [5, 5.41) is 19.8. The number of aryl methyl sites for hydroxylation is 1. The van der Waals surface area contributed by atoms with Gasteiger partial charge in [-0.05, 0) is 56.1 Å². The van der Waals surface area contributed by atoms with Crippen molar-refractivity contribution in [2.45, 2.75) is 39.3 Å².